The molecule has 3 aromatic carbocycles. The van der Waals surface area contributed by atoms with E-state index in [1.54, 1.807) is 12.1 Å². The Morgan fingerprint density at radius 3 is 1.84 bits per heavy atom. The zero-order valence-electron chi connectivity index (χ0n) is 17.0. The van der Waals surface area contributed by atoms with Gasteiger partial charge in [0, 0.05) is 11.8 Å². The van der Waals surface area contributed by atoms with Crippen molar-refractivity contribution in [1.82, 2.24) is 5.01 Å². The van der Waals surface area contributed by atoms with E-state index in [0.29, 0.717) is 11.5 Å². The minimum absolute atomic E-state index is 0.125. The van der Waals surface area contributed by atoms with E-state index in [4.69, 9.17) is 9.47 Å². The van der Waals surface area contributed by atoms with Crippen molar-refractivity contribution in [2.75, 3.05) is 6.79 Å². The molecule has 3 aliphatic carbocycles. The molecule has 0 N–H and O–H groups in total. The topological polar surface area (TPSA) is 68.2 Å². The maximum absolute atomic E-state index is 13.5. The number of benzene rings is 3. The number of carbonyl (C=O) groups is 2. The summed E-state index contributed by atoms with van der Waals surface area (Å²) in [6.07, 6.45) is 1.54. The quantitative estimate of drug-likeness (QED) is 0.467. The highest BCUT2D eigenvalue weighted by Gasteiger charge is 2.61. The van der Waals surface area contributed by atoms with Gasteiger partial charge in [-0.2, -0.15) is 10.1 Å². The Hall–Kier alpha value is -3.93. The second-order valence-electron chi connectivity index (χ2n) is 8.61. The molecule has 1 saturated heterocycles. The zero-order chi connectivity index (χ0) is 21.4. The first-order valence-corrected chi connectivity index (χ1v) is 10.7. The van der Waals surface area contributed by atoms with Crippen molar-refractivity contribution in [3.63, 3.8) is 0 Å². The Morgan fingerprint density at radius 1 is 0.750 bits per heavy atom. The highest BCUT2D eigenvalue weighted by molar-refractivity contribution is 6.08. The molecule has 32 heavy (non-hydrogen) atoms. The van der Waals surface area contributed by atoms with Gasteiger partial charge in [0.15, 0.2) is 11.5 Å². The summed E-state index contributed by atoms with van der Waals surface area (Å²) < 4.78 is 10.7. The number of hydrogen-bond donors (Lipinski definition) is 0. The lowest BCUT2D eigenvalue weighted by molar-refractivity contribution is -0.139. The molecule has 0 saturated carbocycles. The average Bonchev–Trinajstić information content (AvgIpc) is 3.40. The molecule has 2 atom stereocenters. The lowest BCUT2D eigenvalue weighted by Gasteiger charge is -2.45. The van der Waals surface area contributed by atoms with Gasteiger partial charge >= 0.3 is 0 Å². The third-order valence-electron chi connectivity index (χ3n) is 7.14. The van der Waals surface area contributed by atoms with Crippen molar-refractivity contribution in [2.24, 2.45) is 16.9 Å². The summed E-state index contributed by atoms with van der Waals surface area (Å²) in [6, 6.07) is 21.8. The molecule has 2 amide bonds. The second-order valence-corrected chi connectivity index (χ2v) is 8.61. The molecule has 0 spiro atoms. The fourth-order valence-electron chi connectivity index (χ4n) is 5.89. The van der Waals surface area contributed by atoms with Crippen molar-refractivity contribution in [2.45, 2.75) is 11.8 Å². The number of ether oxygens (including phenoxy) is 2. The van der Waals surface area contributed by atoms with E-state index in [1.165, 1.54) is 6.21 Å². The summed E-state index contributed by atoms with van der Waals surface area (Å²) in [5.74, 6) is -0.247. The maximum atomic E-state index is 13.5. The number of nitrogens with zero attached hydrogens (tertiary/aromatic N) is 2. The zero-order valence-corrected chi connectivity index (χ0v) is 17.0. The van der Waals surface area contributed by atoms with Crippen LogP contribution in [0.3, 0.4) is 0 Å². The van der Waals surface area contributed by atoms with Gasteiger partial charge in [-0.05, 0) is 46.0 Å². The van der Waals surface area contributed by atoms with Crippen LogP contribution in [0.4, 0.5) is 0 Å². The fourth-order valence-corrected chi connectivity index (χ4v) is 5.89. The van der Waals surface area contributed by atoms with Crippen LogP contribution >= 0.6 is 0 Å². The van der Waals surface area contributed by atoms with Crippen LogP contribution in [0.5, 0.6) is 11.5 Å². The fraction of sp³-hybridized carbons (Fsp3) is 0.192. The Kier molecular flexibility index (Phi) is 3.48. The van der Waals surface area contributed by atoms with Gasteiger partial charge < -0.3 is 9.47 Å². The van der Waals surface area contributed by atoms with Crippen LogP contribution in [0, 0.1) is 11.8 Å². The van der Waals surface area contributed by atoms with Gasteiger partial charge in [0.2, 0.25) is 6.79 Å². The van der Waals surface area contributed by atoms with Crippen LogP contribution in [0.15, 0.2) is 71.8 Å². The second kappa shape index (κ2) is 6.29. The van der Waals surface area contributed by atoms with Crippen molar-refractivity contribution in [3.05, 3.63) is 94.5 Å². The van der Waals surface area contributed by atoms with Gasteiger partial charge in [-0.15, -0.1) is 0 Å². The molecule has 0 aromatic heterocycles. The molecule has 5 aliphatic rings. The maximum Gasteiger partial charge on any atom is 0.254 e. The summed E-state index contributed by atoms with van der Waals surface area (Å²) in [6.45, 7) is 0.187. The largest absolute Gasteiger partial charge is 0.454 e. The average molecular weight is 422 g/mol. The minimum Gasteiger partial charge on any atom is -0.454 e. The Labute approximate surface area is 184 Å². The molecule has 0 unspecified atom stereocenters. The number of fused-ring (bicyclic) bond motifs is 1. The minimum atomic E-state index is -0.425. The van der Waals surface area contributed by atoms with Crippen molar-refractivity contribution in [1.29, 1.82) is 0 Å². The van der Waals surface area contributed by atoms with Gasteiger partial charge in [0.25, 0.3) is 11.8 Å². The molecule has 6 heteroatoms. The van der Waals surface area contributed by atoms with Crippen LogP contribution in [0.1, 0.15) is 39.7 Å². The molecule has 156 valence electrons. The van der Waals surface area contributed by atoms with E-state index in [2.05, 4.69) is 29.4 Å². The third kappa shape index (κ3) is 2.21. The van der Waals surface area contributed by atoms with Gasteiger partial charge in [-0.25, -0.2) is 0 Å². The van der Waals surface area contributed by atoms with Crippen LogP contribution in [0.2, 0.25) is 0 Å². The molecule has 6 nitrogen and oxygen atoms in total. The van der Waals surface area contributed by atoms with Crippen LogP contribution < -0.4 is 9.47 Å². The molecule has 1 fully saturated rings. The Balaban J connectivity index is 1.30. The van der Waals surface area contributed by atoms with E-state index in [0.717, 1.165) is 32.8 Å². The predicted molar refractivity (Wildman–Crippen MR) is 116 cm³/mol. The van der Waals surface area contributed by atoms with Gasteiger partial charge in [0.05, 0.1) is 18.1 Å². The number of amides is 2. The first kappa shape index (κ1) is 17.7. The smallest absolute Gasteiger partial charge is 0.254 e. The van der Waals surface area contributed by atoms with Crippen LogP contribution in [-0.4, -0.2) is 29.8 Å². The van der Waals surface area contributed by atoms with E-state index in [-0.39, 0.29) is 30.4 Å². The molecule has 2 aliphatic heterocycles. The third-order valence-corrected chi connectivity index (χ3v) is 7.14. The first-order chi connectivity index (χ1) is 15.7. The van der Waals surface area contributed by atoms with Crippen molar-refractivity contribution < 1.29 is 19.1 Å². The molecule has 3 aromatic rings. The van der Waals surface area contributed by atoms with Gasteiger partial charge in [-0.1, -0.05) is 48.5 Å². The Bertz CT molecular complexity index is 1230. The highest BCUT2D eigenvalue weighted by atomic mass is 16.7. The molecule has 8 rings (SSSR count). The number of hydrazone groups is 1. The summed E-state index contributed by atoms with van der Waals surface area (Å²) in [4.78, 5) is 27.0. The predicted octanol–water partition coefficient (Wildman–Crippen LogP) is 3.64. The first-order valence-electron chi connectivity index (χ1n) is 10.7. The summed E-state index contributed by atoms with van der Waals surface area (Å²) in [5, 5.41) is 5.42. The normalized spacial score (nSPS) is 26.4. The SMILES string of the molecule is O=C1[C@H]2C3c4ccccc4C(c4ccccc43)[C@@H]2C(=O)N1/N=C\c1ccc2c(c1)OCO2. The molecular weight excluding hydrogens is 404 g/mol. The van der Waals surface area contributed by atoms with Crippen LogP contribution in [-0.2, 0) is 9.59 Å². The summed E-state index contributed by atoms with van der Waals surface area (Å²) in [5.41, 5.74) is 5.35. The number of hydrogen-bond acceptors (Lipinski definition) is 5. The van der Waals surface area contributed by atoms with E-state index in [9.17, 15) is 9.59 Å². The molecule has 0 radical (unpaired) electrons. The van der Waals surface area contributed by atoms with Gasteiger partial charge in [0.1, 0.15) is 0 Å². The number of carbonyl (C=O) groups excluding carboxylic acids is 2. The summed E-state index contributed by atoms with van der Waals surface area (Å²) >= 11 is 0. The lowest BCUT2D eigenvalue weighted by atomic mass is 9.55. The number of rotatable bonds is 2. The van der Waals surface area contributed by atoms with Crippen LogP contribution in [0.25, 0.3) is 0 Å². The van der Waals surface area contributed by atoms with E-state index < -0.39 is 11.8 Å². The van der Waals surface area contributed by atoms with E-state index in [1.807, 2.05) is 30.3 Å². The molecular formula is C26H18N2O4. The van der Waals surface area contributed by atoms with Crippen molar-refractivity contribution >= 4 is 18.0 Å². The van der Waals surface area contributed by atoms with Gasteiger partial charge in [-0.3, -0.25) is 9.59 Å². The molecule has 2 bridgehead atoms. The lowest BCUT2D eigenvalue weighted by Crippen LogP contribution is -2.41. The Morgan fingerprint density at radius 2 is 1.28 bits per heavy atom. The monoisotopic (exact) mass is 422 g/mol. The number of imide groups is 1. The highest BCUT2D eigenvalue weighted by Crippen LogP contribution is 2.60. The van der Waals surface area contributed by atoms with Crippen molar-refractivity contribution in [3.8, 4) is 11.5 Å². The standard InChI is InChI=1S/C26H18N2O4/c29-25-23-21-15-5-1-2-6-16(15)22(18-8-4-3-7-17(18)21)24(23)26(30)28(25)27-12-14-9-10-19-20(11-14)32-13-31-19/h1-12,21-24H,13H2/b27-12-/t21?,22?,23-,24-/m0/s1. The summed E-state index contributed by atoms with van der Waals surface area (Å²) in [7, 11) is 0. The molecule has 2 heterocycles. The van der Waals surface area contributed by atoms with E-state index >= 15 is 0 Å².